The van der Waals surface area contributed by atoms with E-state index in [2.05, 4.69) is 48.1 Å². The van der Waals surface area contributed by atoms with Crippen LogP contribution in [0.3, 0.4) is 0 Å². The van der Waals surface area contributed by atoms with Gasteiger partial charge >= 0.3 is 0 Å². The number of para-hydroxylation sites is 2. The normalized spacial score (nSPS) is 11.4. The molecule has 0 atom stereocenters. The zero-order valence-corrected chi connectivity index (χ0v) is 16.4. The maximum atomic E-state index is 10.3. The van der Waals surface area contributed by atoms with Gasteiger partial charge in [-0.25, -0.2) is 0 Å². The summed E-state index contributed by atoms with van der Waals surface area (Å²) in [7, 11) is 0. The van der Waals surface area contributed by atoms with Gasteiger partial charge in [-0.15, -0.1) is 6.58 Å². The molecule has 2 nitrogen and oxygen atoms in total. The number of aromatic hydroxyl groups is 2. The highest BCUT2D eigenvalue weighted by molar-refractivity contribution is 5.46. The van der Waals surface area contributed by atoms with E-state index in [1.165, 1.54) is 0 Å². The fourth-order valence-corrected chi connectivity index (χ4v) is 2.59. The molecule has 0 bridgehead atoms. The summed E-state index contributed by atoms with van der Waals surface area (Å²) >= 11 is 0. The van der Waals surface area contributed by atoms with Crippen LogP contribution >= 0.6 is 0 Å². The quantitative estimate of drug-likeness (QED) is 0.648. The Morgan fingerprint density at radius 2 is 1.28 bits per heavy atom. The lowest BCUT2D eigenvalue weighted by Gasteiger charge is -2.26. The number of allylic oxidation sites excluding steroid dienone is 1. The molecule has 136 valence electrons. The van der Waals surface area contributed by atoms with E-state index in [4.69, 9.17) is 0 Å². The molecule has 0 heterocycles. The van der Waals surface area contributed by atoms with Gasteiger partial charge in [-0.1, -0.05) is 84.0 Å². The van der Waals surface area contributed by atoms with Crippen molar-refractivity contribution in [3.8, 4) is 11.5 Å². The van der Waals surface area contributed by atoms with Crippen molar-refractivity contribution < 1.29 is 10.2 Å². The van der Waals surface area contributed by atoms with E-state index in [1.807, 2.05) is 36.4 Å². The molecule has 0 fully saturated rings. The Hall–Kier alpha value is -2.22. The molecule has 0 aliphatic carbocycles. The minimum absolute atomic E-state index is 0.00859. The molecule has 2 aromatic carbocycles. The fourth-order valence-electron chi connectivity index (χ4n) is 2.59. The van der Waals surface area contributed by atoms with Gasteiger partial charge in [0.1, 0.15) is 11.5 Å². The molecule has 0 aliphatic rings. The summed E-state index contributed by atoms with van der Waals surface area (Å²) < 4.78 is 0. The third-order valence-electron chi connectivity index (χ3n) is 4.01. The van der Waals surface area contributed by atoms with Crippen LogP contribution in [0.1, 0.15) is 58.2 Å². The number of phenols is 2. The van der Waals surface area contributed by atoms with Crippen molar-refractivity contribution in [2.24, 2.45) is 0 Å². The SMILES string of the molecule is C=CCc1ccccc1O.CC(C)(C)c1cccc(C(C)(C)C)c1O. The molecule has 2 N–H and O–H groups in total. The van der Waals surface area contributed by atoms with Crippen LogP contribution in [0.4, 0.5) is 0 Å². The van der Waals surface area contributed by atoms with Crippen molar-refractivity contribution in [2.45, 2.75) is 58.8 Å². The molecule has 0 radical (unpaired) electrons. The predicted molar refractivity (Wildman–Crippen MR) is 108 cm³/mol. The maximum absolute atomic E-state index is 10.3. The highest BCUT2D eigenvalue weighted by Crippen LogP contribution is 2.38. The molecular formula is C23H32O2. The van der Waals surface area contributed by atoms with Gasteiger partial charge in [-0.3, -0.25) is 0 Å². The van der Waals surface area contributed by atoms with E-state index in [-0.39, 0.29) is 10.8 Å². The molecule has 25 heavy (non-hydrogen) atoms. The van der Waals surface area contributed by atoms with Gasteiger partial charge in [0, 0.05) is 0 Å². The molecular weight excluding hydrogens is 308 g/mol. The van der Waals surface area contributed by atoms with Crippen LogP contribution in [0.5, 0.6) is 11.5 Å². The molecule has 0 aromatic heterocycles. The van der Waals surface area contributed by atoms with Crippen molar-refractivity contribution in [1.29, 1.82) is 0 Å². The summed E-state index contributed by atoms with van der Waals surface area (Å²) in [6.07, 6.45) is 2.50. The smallest absolute Gasteiger partial charge is 0.123 e. The molecule has 0 saturated heterocycles. The van der Waals surface area contributed by atoms with E-state index < -0.39 is 0 Å². The van der Waals surface area contributed by atoms with Gasteiger partial charge < -0.3 is 10.2 Å². The van der Waals surface area contributed by atoms with E-state index in [9.17, 15) is 10.2 Å². The lowest BCUT2D eigenvalue weighted by atomic mass is 9.80. The second-order valence-corrected chi connectivity index (χ2v) is 8.32. The van der Waals surface area contributed by atoms with Crippen LogP contribution in [-0.4, -0.2) is 10.2 Å². The first-order valence-electron chi connectivity index (χ1n) is 8.69. The summed E-state index contributed by atoms with van der Waals surface area (Å²) in [5.74, 6) is 0.805. The molecule has 2 heteroatoms. The van der Waals surface area contributed by atoms with E-state index in [0.717, 1.165) is 23.1 Å². The first-order chi connectivity index (χ1) is 11.5. The summed E-state index contributed by atoms with van der Waals surface area (Å²) in [6.45, 7) is 16.3. The Morgan fingerprint density at radius 1 is 0.800 bits per heavy atom. The zero-order valence-electron chi connectivity index (χ0n) is 16.4. The molecule has 0 amide bonds. The zero-order chi connectivity index (χ0) is 19.3. The Bertz CT molecular complexity index is 669. The Morgan fingerprint density at radius 3 is 1.68 bits per heavy atom. The van der Waals surface area contributed by atoms with Crippen molar-refractivity contribution in [3.63, 3.8) is 0 Å². The van der Waals surface area contributed by atoms with Crippen LogP contribution < -0.4 is 0 Å². The molecule has 0 unspecified atom stereocenters. The fraction of sp³-hybridized carbons (Fsp3) is 0.391. The monoisotopic (exact) mass is 340 g/mol. The number of hydrogen-bond donors (Lipinski definition) is 2. The van der Waals surface area contributed by atoms with Crippen LogP contribution in [0.15, 0.2) is 55.1 Å². The third kappa shape index (κ3) is 5.97. The molecule has 2 rings (SSSR count). The highest BCUT2D eigenvalue weighted by atomic mass is 16.3. The first-order valence-corrected chi connectivity index (χ1v) is 8.69. The topological polar surface area (TPSA) is 40.5 Å². The Kier molecular flexibility index (Phi) is 6.87. The highest BCUT2D eigenvalue weighted by Gasteiger charge is 2.24. The van der Waals surface area contributed by atoms with Gasteiger partial charge in [0.05, 0.1) is 0 Å². The number of phenolic OH excluding ortho intramolecular Hbond substituents is 2. The maximum Gasteiger partial charge on any atom is 0.123 e. The lowest BCUT2D eigenvalue weighted by molar-refractivity contribution is 0.423. The first kappa shape index (κ1) is 20.8. The van der Waals surface area contributed by atoms with Crippen LogP contribution in [0.25, 0.3) is 0 Å². The van der Waals surface area contributed by atoms with E-state index in [0.29, 0.717) is 11.5 Å². The molecule has 0 saturated carbocycles. The average Bonchev–Trinajstić information content (AvgIpc) is 2.48. The van der Waals surface area contributed by atoms with Gasteiger partial charge in [0.15, 0.2) is 0 Å². The average molecular weight is 341 g/mol. The predicted octanol–water partition coefficient (Wildman–Crippen LogP) is 6.11. The summed E-state index contributed by atoms with van der Waals surface area (Å²) in [5, 5.41) is 19.5. The van der Waals surface area contributed by atoms with Gasteiger partial charge in [0.25, 0.3) is 0 Å². The van der Waals surface area contributed by atoms with Crippen molar-refractivity contribution in [1.82, 2.24) is 0 Å². The van der Waals surface area contributed by atoms with Gasteiger partial charge in [-0.2, -0.15) is 0 Å². The third-order valence-corrected chi connectivity index (χ3v) is 4.01. The summed E-state index contributed by atoms with van der Waals surface area (Å²) in [5.41, 5.74) is 2.96. The minimum Gasteiger partial charge on any atom is -0.508 e. The summed E-state index contributed by atoms with van der Waals surface area (Å²) in [6, 6.07) is 13.3. The molecule has 2 aromatic rings. The molecule has 0 spiro atoms. The van der Waals surface area contributed by atoms with E-state index >= 15 is 0 Å². The van der Waals surface area contributed by atoms with Crippen LogP contribution in [-0.2, 0) is 17.3 Å². The summed E-state index contributed by atoms with van der Waals surface area (Å²) in [4.78, 5) is 0. The second-order valence-electron chi connectivity index (χ2n) is 8.32. The number of hydrogen-bond acceptors (Lipinski definition) is 2. The second kappa shape index (κ2) is 8.24. The number of rotatable bonds is 2. The van der Waals surface area contributed by atoms with Crippen molar-refractivity contribution in [3.05, 3.63) is 71.8 Å². The minimum atomic E-state index is -0.00859. The Balaban J connectivity index is 0.000000271. The molecule has 0 aliphatic heterocycles. The van der Waals surface area contributed by atoms with Gasteiger partial charge in [0.2, 0.25) is 0 Å². The standard InChI is InChI=1S/C14H22O.C9H10O/c1-13(2,3)10-8-7-9-11(12(10)15)14(4,5)6;1-2-5-8-6-3-4-7-9(8)10/h7-9,15H,1-6H3;2-4,6-7,10H,1,5H2. The van der Waals surface area contributed by atoms with Crippen LogP contribution in [0, 0.1) is 0 Å². The van der Waals surface area contributed by atoms with Crippen molar-refractivity contribution >= 4 is 0 Å². The van der Waals surface area contributed by atoms with E-state index in [1.54, 1.807) is 12.1 Å². The van der Waals surface area contributed by atoms with Gasteiger partial charge in [-0.05, 0) is 40.0 Å². The number of benzene rings is 2. The Labute approximate surface area is 152 Å². The van der Waals surface area contributed by atoms with Crippen LogP contribution in [0.2, 0.25) is 0 Å². The lowest BCUT2D eigenvalue weighted by Crippen LogP contribution is -2.16. The van der Waals surface area contributed by atoms with Crippen molar-refractivity contribution in [2.75, 3.05) is 0 Å². The largest absolute Gasteiger partial charge is 0.508 e.